The maximum atomic E-state index is 5.34. The van der Waals surface area contributed by atoms with Crippen LogP contribution in [0.4, 0.5) is 0 Å². The van der Waals surface area contributed by atoms with E-state index in [0.717, 1.165) is 0 Å². The van der Waals surface area contributed by atoms with Gasteiger partial charge >= 0.3 is 0 Å². The minimum absolute atomic E-state index is 0.525. The van der Waals surface area contributed by atoms with Crippen LogP contribution in [0.3, 0.4) is 0 Å². The summed E-state index contributed by atoms with van der Waals surface area (Å²) >= 11 is 0. The lowest BCUT2D eigenvalue weighted by Gasteiger charge is -2.22. The first-order valence-electron chi connectivity index (χ1n) is 3.95. The monoisotopic (exact) mass is 134 g/mol. The maximum Gasteiger partial charge on any atom is 0.0205 e. The van der Waals surface area contributed by atoms with Crippen molar-refractivity contribution in [2.24, 2.45) is 11.8 Å². The third kappa shape index (κ3) is 1.64. The SMILES string of the molecule is C#CC1CCCC(C=C)C1. The highest BCUT2D eigenvalue weighted by molar-refractivity contribution is 4.98. The van der Waals surface area contributed by atoms with Crippen LogP contribution in [0.25, 0.3) is 0 Å². The first-order chi connectivity index (χ1) is 4.86. The molecule has 54 valence electrons. The molecule has 1 fully saturated rings. The molecule has 1 rings (SSSR count). The lowest BCUT2D eigenvalue weighted by Crippen LogP contribution is -2.11. The van der Waals surface area contributed by atoms with Crippen molar-refractivity contribution >= 4 is 0 Å². The summed E-state index contributed by atoms with van der Waals surface area (Å²) in [7, 11) is 0. The van der Waals surface area contributed by atoms with E-state index in [0.29, 0.717) is 11.8 Å². The Labute approximate surface area is 63.3 Å². The lowest BCUT2D eigenvalue weighted by molar-refractivity contribution is 0.361. The fraction of sp³-hybridized carbons (Fsp3) is 0.600. The van der Waals surface area contributed by atoms with E-state index in [1.165, 1.54) is 25.7 Å². The molecule has 10 heavy (non-hydrogen) atoms. The summed E-state index contributed by atoms with van der Waals surface area (Å²) in [4.78, 5) is 0. The minimum atomic E-state index is 0.525. The van der Waals surface area contributed by atoms with E-state index in [-0.39, 0.29) is 0 Å². The summed E-state index contributed by atoms with van der Waals surface area (Å²) in [6.07, 6.45) is 12.3. The second kappa shape index (κ2) is 3.46. The first kappa shape index (κ1) is 7.41. The highest BCUT2D eigenvalue weighted by Gasteiger charge is 2.17. The van der Waals surface area contributed by atoms with Gasteiger partial charge in [-0.3, -0.25) is 0 Å². The second-order valence-corrected chi connectivity index (χ2v) is 3.03. The molecular weight excluding hydrogens is 120 g/mol. The number of hydrogen-bond donors (Lipinski definition) is 0. The molecule has 1 aliphatic rings. The van der Waals surface area contributed by atoms with E-state index in [2.05, 4.69) is 12.5 Å². The van der Waals surface area contributed by atoms with Gasteiger partial charge in [0.25, 0.3) is 0 Å². The molecule has 0 spiro atoms. The largest absolute Gasteiger partial charge is 0.120 e. The summed E-state index contributed by atoms with van der Waals surface area (Å²) in [5.41, 5.74) is 0. The Hall–Kier alpha value is -0.700. The van der Waals surface area contributed by atoms with Gasteiger partial charge in [0, 0.05) is 5.92 Å². The number of allylic oxidation sites excluding steroid dienone is 1. The second-order valence-electron chi connectivity index (χ2n) is 3.03. The minimum Gasteiger partial charge on any atom is -0.120 e. The van der Waals surface area contributed by atoms with Gasteiger partial charge < -0.3 is 0 Å². The molecule has 0 heteroatoms. The maximum absolute atomic E-state index is 5.34. The summed E-state index contributed by atoms with van der Waals surface area (Å²) in [5, 5.41) is 0. The third-order valence-corrected chi connectivity index (χ3v) is 2.28. The predicted molar refractivity (Wildman–Crippen MR) is 44.5 cm³/mol. The Bertz CT molecular complexity index is 150. The highest BCUT2D eigenvalue weighted by Crippen LogP contribution is 2.28. The molecule has 0 saturated heterocycles. The molecule has 0 N–H and O–H groups in total. The Morgan fingerprint density at radius 2 is 2.30 bits per heavy atom. The van der Waals surface area contributed by atoms with E-state index >= 15 is 0 Å². The van der Waals surface area contributed by atoms with Crippen molar-refractivity contribution in [2.75, 3.05) is 0 Å². The van der Waals surface area contributed by atoms with Gasteiger partial charge in [-0.1, -0.05) is 12.5 Å². The van der Waals surface area contributed by atoms with Crippen molar-refractivity contribution < 1.29 is 0 Å². The highest BCUT2D eigenvalue weighted by atomic mass is 14.2. The summed E-state index contributed by atoms with van der Waals surface area (Å²) in [6, 6.07) is 0. The quantitative estimate of drug-likeness (QED) is 0.382. The van der Waals surface area contributed by atoms with E-state index in [1.54, 1.807) is 0 Å². The molecule has 2 atom stereocenters. The van der Waals surface area contributed by atoms with Gasteiger partial charge in [0.05, 0.1) is 0 Å². The van der Waals surface area contributed by atoms with Crippen molar-refractivity contribution in [1.29, 1.82) is 0 Å². The Morgan fingerprint density at radius 1 is 1.50 bits per heavy atom. The first-order valence-corrected chi connectivity index (χ1v) is 3.95. The lowest BCUT2D eigenvalue weighted by atomic mass is 9.82. The van der Waals surface area contributed by atoms with E-state index in [4.69, 9.17) is 6.42 Å². The van der Waals surface area contributed by atoms with Crippen molar-refractivity contribution in [3.63, 3.8) is 0 Å². The summed E-state index contributed by atoms with van der Waals surface area (Å²) in [6.45, 7) is 3.78. The number of rotatable bonds is 1. The van der Waals surface area contributed by atoms with Crippen LogP contribution in [0.2, 0.25) is 0 Å². The fourth-order valence-electron chi connectivity index (χ4n) is 1.59. The smallest absolute Gasteiger partial charge is 0.0205 e. The van der Waals surface area contributed by atoms with Crippen molar-refractivity contribution in [3.05, 3.63) is 12.7 Å². The van der Waals surface area contributed by atoms with E-state index < -0.39 is 0 Å². The molecule has 0 radical (unpaired) electrons. The Kier molecular flexibility index (Phi) is 2.57. The molecule has 0 heterocycles. The van der Waals surface area contributed by atoms with Crippen LogP contribution < -0.4 is 0 Å². The van der Waals surface area contributed by atoms with Gasteiger partial charge in [0.15, 0.2) is 0 Å². The van der Waals surface area contributed by atoms with Gasteiger partial charge in [-0.2, -0.15) is 0 Å². The van der Waals surface area contributed by atoms with Crippen LogP contribution in [0.1, 0.15) is 25.7 Å². The molecular formula is C10H14. The molecule has 0 amide bonds. The number of terminal acetylenes is 1. The Balaban J connectivity index is 2.40. The molecule has 0 aromatic carbocycles. The van der Waals surface area contributed by atoms with Gasteiger partial charge in [-0.25, -0.2) is 0 Å². The Morgan fingerprint density at radius 3 is 2.90 bits per heavy atom. The molecule has 1 saturated carbocycles. The van der Waals surface area contributed by atoms with Crippen molar-refractivity contribution in [3.8, 4) is 12.3 Å². The molecule has 0 aromatic heterocycles. The summed E-state index contributed by atoms with van der Waals surface area (Å²) in [5.74, 6) is 4.03. The predicted octanol–water partition coefficient (Wildman–Crippen LogP) is 2.61. The van der Waals surface area contributed by atoms with Crippen molar-refractivity contribution in [1.82, 2.24) is 0 Å². The molecule has 0 aliphatic heterocycles. The van der Waals surface area contributed by atoms with Crippen molar-refractivity contribution in [2.45, 2.75) is 25.7 Å². The zero-order valence-electron chi connectivity index (χ0n) is 6.34. The van der Waals surface area contributed by atoms with E-state index in [1.807, 2.05) is 6.08 Å². The average molecular weight is 134 g/mol. The standard InChI is InChI=1S/C10H14/c1-3-9-6-5-7-10(4-2)8-9/h1,4,9-10H,2,5-8H2. The van der Waals surface area contributed by atoms with Crippen LogP contribution in [0, 0.1) is 24.2 Å². The van der Waals surface area contributed by atoms with Gasteiger partial charge in [-0.05, 0) is 25.2 Å². The van der Waals surface area contributed by atoms with Crippen LogP contribution in [-0.4, -0.2) is 0 Å². The van der Waals surface area contributed by atoms with Gasteiger partial charge in [-0.15, -0.1) is 18.9 Å². The molecule has 1 aliphatic carbocycles. The van der Waals surface area contributed by atoms with Gasteiger partial charge in [0.1, 0.15) is 0 Å². The van der Waals surface area contributed by atoms with Crippen LogP contribution in [0.5, 0.6) is 0 Å². The van der Waals surface area contributed by atoms with Gasteiger partial charge in [0.2, 0.25) is 0 Å². The van der Waals surface area contributed by atoms with Crippen LogP contribution >= 0.6 is 0 Å². The summed E-state index contributed by atoms with van der Waals surface area (Å²) < 4.78 is 0. The zero-order chi connectivity index (χ0) is 7.40. The van der Waals surface area contributed by atoms with E-state index in [9.17, 15) is 0 Å². The zero-order valence-corrected chi connectivity index (χ0v) is 6.34. The normalized spacial score (nSPS) is 32.7. The molecule has 2 unspecified atom stereocenters. The third-order valence-electron chi connectivity index (χ3n) is 2.28. The fourth-order valence-corrected chi connectivity index (χ4v) is 1.59. The molecule has 0 aromatic rings. The average Bonchev–Trinajstić information content (AvgIpc) is 2.05. The van der Waals surface area contributed by atoms with Crippen LogP contribution in [0.15, 0.2) is 12.7 Å². The van der Waals surface area contributed by atoms with Crippen LogP contribution in [-0.2, 0) is 0 Å². The molecule has 0 nitrogen and oxygen atoms in total. The number of hydrogen-bond acceptors (Lipinski definition) is 0. The topological polar surface area (TPSA) is 0 Å². The molecule has 0 bridgehead atoms.